The quantitative estimate of drug-likeness (QED) is 0.888. The van der Waals surface area contributed by atoms with Crippen molar-refractivity contribution in [2.45, 2.75) is 19.0 Å². The van der Waals surface area contributed by atoms with Gasteiger partial charge >= 0.3 is 5.97 Å². The Morgan fingerprint density at radius 2 is 2.17 bits per heavy atom. The van der Waals surface area contributed by atoms with E-state index in [1.54, 1.807) is 5.51 Å². The van der Waals surface area contributed by atoms with E-state index in [9.17, 15) is 9.90 Å². The van der Waals surface area contributed by atoms with Crippen LogP contribution >= 0.6 is 11.3 Å². The number of aliphatic carboxylic acids is 1. The maximum absolute atomic E-state index is 11.4. The average Bonchev–Trinajstić information content (AvgIpc) is 2.91. The van der Waals surface area contributed by atoms with Crippen molar-refractivity contribution in [2.24, 2.45) is 0 Å². The molecule has 0 saturated heterocycles. The molecule has 5 nitrogen and oxygen atoms in total. The van der Waals surface area contributed by atoms with Gasteiger partial charge in [-0.05, 0) is 11.1 Å². The van der Waals surface area contributed by atoms with Crippen molar-refractivity contribution in [3.63, 3.8) is 0 Å². The van der Waals surface area contributed by atoms with Crippen molar-refractivity contribution in [1.29, 1.82) is 0 Å². The number of carbonyl (C=O) groups is 1. The van der Waals surface area contributed by atoms with E-state index in [4.69, 9.17) is 0 Å². The van der Waals surface area contributed by atoms with Crippen LogP contribution in [0.25, 0.3) is 0 Å². The van der Waals surface area contributed by atoms with Crippen LogP contribution in [0.2, 0.25) is 0 Å². The molecule has 0 bridgehead atoms. The molecule has 1 aliphatic heterocycles. The lowest BCUT2D eigenvalue weighted by Gasteiger charge is -2.33. The van der Waals surface area contributed by atoms with Crippen molar-refractivity contribution >= 4 is 22.4 Å². The molecule has 1 unspecified atom stereocenters. The van der Waals surface area contributed by atoms with Crippen LogP contribution in [0.5, 0.6) is 0 Å². The van der Waals surface area contributed by atoms with Crippen LogP contribution in [0.15, 0.2) is 29.8 Å². The lowest BCUT2D eigenvalue weighted by molar-refractivity contribution is -0.138. The standard InChI is InChI=1S/C12H11N3O2S/c16-11(17)10-5-8-3-1-2-4-9(8)6-15(10)12-14-13-7-18-12/h1-4,7,10H,5-6H2,(H,16,17). The van der Waals surface area contributed by atoms with E-state index in [-0.39, 0.29) is 0 Å². The van der Waals surface area contributed by atoms with Crippen LogP contribution in [0.3, 0.4) is 0 Å². The number of aromatic nitrogens is 2. The topological polar surface area (TPSA) is 66.3 Å². The molecule has 0 amide bonds. The van der Waals surface area contributed by atoms with E-state index in [0.29, 0.717) is 18.1 Å². The number of fused-ring (bicyclic) bond motifs is 1. The third-order valence-corrected chi connectivity index (χ3v) is 3.85. The first kappa shape index (κ1) is 11.2. The van der Waals surface area contributed by atoms with E-state index >= 15 is 0 Å². The first-order chi connectivity index (χ1) is 8.75. The molecule has 1 aliphatic rings. The number of hydrogen-bond acceptors (Lipinski definition) is 5. The maximum atomic E-state index is 11.4. The molecule has 0 aliphatic carbocycles. The van der Waals surface area contributed by atoms with Gasteiger partial charge in [0.25, 0.3) is 0 Å². The summed E-state index contributed by atoms with van der Waals surface area (Å²) in [5, 5.41) is 17.8. The van der Waals surface area contributed by atoms with Gasteiger partial charge in [-0.1, -0.05) is 35.6 Å². The van der Waals surface area contributed by atoms with Gasteiger partial charge in [0.1, 0.15) is 11.6 Å². The normalized spacial score (nSPS) is 18.4. The number of rotatable bonds is 2. The molecule has 0 saturated carbocycles. The van der Waals surface area contributed by atoms with E-state index < -0.39 is 12.0 Å². The molecule has 92 valence electrons. The fourth-order valence-corrected chi connectivity index (χ4v) is 2.85. The van der Waals surface area contributed by atoms with Crippen LogP contribution < -0.4 is 4.90 Å². The zero-order chi connectivity index (χ0) is 12.5. The number of hydrogen-bond donors (Lipinski definition) is 1. The van der Waals surface area contributed by atoms with Crippen LogP contribution in [-0.2, 0) is 17.8 Å². The van der Waals surface area contributed by atoms with Gasteiger partial charge in [-0.3, -0.25) is 0 Å². The predicted octanol–water partition coefficient (Wildman–Crippen LogP) is 1.55. The highest BCUT2D eigenvalue weighted by atomic mass is 32.1. The van der Waals surface area contributed by atoms with Crippen LogP contribution in [0, 0.1) is 0 Å². The summed E-state index contributed by atoms with van der Waals surface area (Å²) in [5.74, 6) is -0.820. The fraction of sp³-hybridized carbons (Fsp3) is 0.250. The summed E-state index contributed by atoms with van der Waals surface area (Å²) >= 11 is 1.37. The van der Waals surface area contributed by atoms with Crippen molar-refractivity contribution < 1.29 is 9.90 Å². The van der Waals surface area contributed by atoms with E-state index in [0.717, 1.165) is 11.1 Å². The minimum atomic E-state index is -0.820. The van der Waals surface area contributed by atoms with Gasteiger partial charge in [0.15, 0.2) is 0 Å². The Hall–Kier alpha value is -1.95. The van der Waals surface area contributed by atoms with Crippen molar-refractivity contribution in [3.05, 3.63) is 40.9 Å². The lowest BCUT2D eigenvalue weighted by Crippen LogP contribution is -2.45. The lowest BCUT2D eigenvalue weighted by atomic mass is 9.94. The predicted molar refractivity (Wildman–Crippen MR) is 67.7 cm³/mol. The van der Waals surface area contributed by atoms with E-state index in [2.05, 4.69) is 10.2 Å². The Balaban J connectivity index is 2.01. The van der Waals surface area contributed by atoms with Crippen LogP contribution in [-0.4, -0.2) is 27.3 Å². The summed E-state index contributed by atoms with van der Waals surface area (Å²) < 4.78 is 0. The largest absolute Gasteiger partial charge is 0.480 e. The molecule has 2 heterocycles. The monoisotopic (exact) mass is 261 g/mol. The molecular formula is C12H11N3O2S. The molecule has 0 fully saturated rings. The molecule has 3 rings (SSSR count). The Labute approximate surface area is 108 Å². The van der Waals surface area contributed by atoms with Gasteiger partial charge < -0.3 is 10.0 Å². The van der Waals surface area contributed by atoms with Gasteiger partial charge in [0, 0.05) is 13.0 Å². The summed E-state index contributed by atoms with van der Waals surface area (Å²) in [7, 11) is 0. The number of benzene rings is 1. The zero-order valence-electron chi connectivity index (χ0n) is 9.48. The van der Waals surface area contributed by atoms with Gasteiger partial charge in [-0.25, -0.2) is 4.79 Å². The fourth-order valence-electron chi connectivity index (χ4n) is 2.24. The second kappa shape index (κ2) is 4.38. The first-order valence-corrected chi connectivity index (χ1v) is 6.46. The number of nitrogens with zero attached hydrogens (tertiary/aromatic N) is 3. The Morgan fingerprint density at radius 1 is 1.39 bits per heavy atom. The molecule has 0 radical (unpaired) electrons. The molecule has 1 aromatic heterocycles. The molecule has 2 aromatic rings. The van der Waals surface area contributed by atoms with Gasteiger partial charge in [0.05, 0.1) is 0 Å². The molecular weight excluding hydrogens is 250 g/mol. The molecule has 6 heteroatoms. The first-order valence-electron chi connectivity index (χ1n) is 5.58. The summed E-state index contributed by atoms with van der Waals surface area (Å²) in [6, 6.07) is 7.37. The van der Waals surface area contributed by atoms with E-state index in [1.807, 2.05) is 29.2 Å². The molecule has 18 heavy (non-hydrogen) atoms. The third-order valence-electron chi connectivity index (χ3n) is 3.13. The van der Waals surface area contributed by atoms with Gasteiger partial charge in [0.2, 0.25) is 5.13 Å². The smallest absolute Gasteiger partial charge is 0.326 e. The molecule has 0 spiro atoms. The zero-order valence-corrected chi connectivity index (χ0v) is 10.3. The number of carboxylic acid groups (broad SMARTS) is 1. The summed E-state index contributed by atoms with van der Waals surface area (Å²) in [4.78, 5) is 13.2. The van der Waals surface area contributed by atoms with Crippen LogP contribution in [0.4, 0.5) is 5.13 Å². The SMILES string of the molecule is O=C(O)C1Cc2ccccc2CN1c1nncs1. The van der Waals surface area contributed by atoms with Gasteiger partial charge in [-0.2, -0.15) is 0 Å². The number of carboxylic acids is 1. The minimum Gasteiger partial charge on any atom is -0.480 e. The van der Waals surface area contributed by atoms with Crippen molar-refractivity contribution in [3.8, 4) is 0 Å². The molecule has 1 N–H and O–H groups in total. The van der Waals surface area contributed by atoms with E-state index in [1.165, 1.54) is 11.3 Å². The van der Waals surface area contributed by atoms with Crippen LogP contribution in [0.1, 0.15) is 11.1 Å². The molecule has 1 atom stereocenters. The Bertz CT molecular complexity index is 570. The van der Waals surface area contributed by atoms with Gasteiger partial charge in [-0.15, -0.1) is 10.2 Å². The summed E-state index contributed by atoms with van der Waals surface area (Å²) in [5.41, 5.74) is 3.88. The Kier molecular flexibility index (Phi) is 2.71. The van der Waals surface area contributed by atoms with Crippen molar-refractivity contribution in [1.82, 2.24) is 10.2 Å². The van der Waals surface area contributed by atoms with Crippen molar-refractivity contribution in [2.75, 3.05) is 4.90 Å². The highest BCUT2D eigenvalue weighted by Gasteiger charge is 2.32. The molecule has 1 aromatic carbocycles. The number of anilines is 1. The summed E-state index contributed by atoms with van der Waals surface area (Å²) in [6.45, 7) is 0.572. The average molecular weight is 261 g/mol. The maximum Gasteiger partial charge on any atom is 0.326 e. The summed E-state index contributed by atoms with van der Waals surface area (Å²) in [6.07, 6.45) is 0.505. The Morgan fingerprint density at radius 3 is 2.83 bits per heavy atom. The minimum absolute atomic E-state index is 0.505. The second-order valence-corrected chi connectivity index (χ2v) is 4.99. The third kappa shape index (κ3) is 1.84. The second-order valence-electron chi connectivity index (χ2n) is 4.18. The highest BCUT2D eigenvalue weighted by molar-refractivity contribution is 7.13. The highest BCUT2D eigenvalue weighted by Crippen LogP contribution is 2.29.